The summed E-state index contributed by atoms with van der Waals surface area (Å²) in [4.78, 5) is 12.9. The molecule has 0 aromatic heterocycles. The number of ether oxygens (including phenoxy) is 2. The maximum Gasteiger partial charge on any atom is 0.205 e. The Morgan fingerprint density at radius 2 is 2.00 bits per heavy atom. The van der Waals surface area contributed by atoms with Crippen LogP contribution in [0.25, 0.3) is 0 Å². The van der Waals surface area contributed by atoms with Crippen molar-refractivity contribution in [2.45, 2.75) is 45.6 Å². The van der Waals surface area contributed by atoms with Crippen LogP contribution in [0.2, 0.25) is 0 Å². The highest BCUT2D eigenvalue weighted by Gasteiger charge is 2.38. The number of nitriles is 1. The van der Waals surface area contributed by atoms with Gasteiger partial charge in [-0.05, 0) is 70.6 Å². The van der Waals surface area contributed by atoms with E-state index in [1.807, 2.05) is 44.2 Å². The van der Waals surface area contributed by atoms with Crippen LogP contribution in [0.15, 0.2) is 63.7 Å². The van der Waals surface area contributed by atoms with Gasteiger partial charge < -0.3 is 15.2 Å². The molecule has 31 heavy (non-hydrogen) atoms. The zero-order valence-electron chi connectivity index (χ0n) is 17.5. The molecule has 6 heteroatoms. The number of allylic oxidation sites excluding steroid dienone is 3. The molecule has 0 radical (unpaired) electrons. The number of hydrogen-bond donors (Lipinski definition) is 1. The van der Waals surface area contributed by atoms with E-state index in [2.05, 4.69) is 28.1 Å². The van der Waals surface area contributed by atoms with Gasteiger partial charge in [0.2, 0.25) is 5.88 Å². The van der Waals surface area contributed by atoms with Crippen LogP contribution in [0, 0.1) is 25.2 Å². The van der Waals surface area contributed by atoms with Crippen molar-refractivity contribution in [2.24, 2.45) is 5.73 Å². The summed E-state index contributed by atoms with van der Waals surface area (Å²) in [5.74, 6) is 0.960. The first kappa shape index (κ1) is 21.2. The minimum Gasteiger partial charge on any atom is -0.488 e. The van der Waals surface area contributed by atoms with E-state index in [-0.39, 0.29) is 11.7 Å². The SMILES string of the molecule is Cc1cc(C)c(C2C(C#N)=C(N)OC3=C2C(=O)CCC3)cc1COc1ccccc1Br. The molecule has 0 amide bonds. The zero-order chi connectivity index (χ0) is 22.1. The zero-order valence-corrected chi connectivity index (χ0v) is 19.1. The molecule has 1 heterocycles. The Morgan fingerprint density at radius 1 is 1.23 bits per heavy atom. The molecule has 0 saturated carbocycles. The van der Waals surface area contributed by atoms with Crippen molar-refractivity contribution < 1.29 is 14.3 Å². The first-order chi connectivity index (χ1) is 14.9. The van der Waals surface area contributed by atoms with Gasteiger partial charge in [0.05, 0.1) is 10.4 Å². The number of benzene rings is 2. The predicted molar refractivity (Wildman–Crippen MR) is 121 cm³/mol. The molecule has 2 N–H and O–H groups in total. The van der Waals surface area contributed by atoms with E-state index < -0.39 is 5.92 Å². The van der Waals surface area contributed by atoms with Crippen molar-refractivity contribution in [1.82, 2.24) is 0 Å². The van der Waals surface area contributed by atoms with E-state index in [0.29, 0.717) is 36.4 Å². The third kappa shape index (κ3) is 3.98. The third-order valence-electron chi connectivity index (χ3n) is 5.86. The number of halogens is 1. The van der Waals surface area contributed by atoms with Crippen LogP contribution in [0.3, 0.4) is 0 Å². The van der Waals surface area contributed by atoms with Gasteiger partial charge in [-0.1, -0.05) is 24.3 Å². The largest absolute Gasteiger partial charge is 0.488 e. The second kappa shape index (κ2) is 8.60. The number of carbonyl (C=O) groups excluding carboxylic acids is 1. The quantitative estimate of drug-likeness (QED) is 0.630. The second-order valence-electron chi connectivity index (χ2n) is 7.89. The van der Waals surface area contributed by atoms with Gasteiger partial charge in [0.25, 0.3) is 0 Å². The van der Waals surface area contributed by atoms with Gasteiger partial charge in [0.1, 0.15) is 29.8 Å². The summed E-state index contributed by atoms with van der Waals surface area (Å²) >= 11 is 3.51. The highest BCUT2D eigenvalue weighted by molar-refractivity contribution is 9.10. The molecule has 0 fully saturated rings. The number of ketones is 1. The fourth-order valence-corrected chi connectivity index (χ4v) is 4.67. The monoisotopic (exact) mass is 478 g/mol. The van der Waals surface area contributed by atoms with Gasteiger partial charge in [0.15, 0.2) is 5.78 Å². The molecule has 1 aliphatic heterocycles. The summed E-state index contributed by atoms with van der Waals surface area (Å²) < 4.78 is 12.6. The fourth-order valence-electron chi connectivity index (χ4n) is 4.27. The minimum atomic E-state index is -0.510. The molecule has 0 saturated heterocycles. The first-order valence-electron chi connectivity index (χ1n) is 10.2. The van der Waals surface area contributed by atoms with E-state index >= 15 is 0 Å². The number of aryl methyl sites for hydroxylation is 2. The molecule has 4 rings (SSSR count). The van der Waals surface area contributed by atoms with Crippen LogP contribution in [0.5, 0.6) is 5.75 Å². The van der Waals surface area contributed by atoms with Gasteiger partial charge in [-0.2, -0.15) is 5.26 Å². The Kier molecular flexibility index (Phi) is 5.88. The number of nitrogens with zero attached hydrogens (tertiary/aromatic N) is 1. The van der Waals surface area contributed by atoms with Crippen LogP contribution in [0.1, 0.15) is 47.4 Å². The van der Waals surface area contributed by atoms with Crippen LogP contribution in [0.4, 0.5) is 0 Å². The van der Waals surface area contributed by atoms with Gasteiger partial charge >= 0.3 is 0 Å². The number of rotatable bonds is 4. The normalized spacial score (nSPS) is 18.4. The van der Waals surface area contributed by atoms with Gasteiger partial charge in [-0.25, -0.2) is 0 Å². The van der Waals surface area contributed by atoms with Crippen molar-refractivity contribution in [3.8, 4) is 11.8 Å². The Bertz CT molecular complexity index is 1170. The average molecular weight is 479 g/mol. The fraction of sp³-hybridized carbons (Fsp3) is 0.280. The lowest BCUT2D eigenvalue weighted by molar-refractivity contribution is -0.116. The third-order valence-corrected chi connectivity index (χ3v) is 6.52. The standard InChI is InChI=1S/C25H23BrN2O3/c1-14-10-15(2)17(11-16(14)13-30-21-8-4-3-6-19(21)26)23-18(12-27)25(28)31-22-9-5-7-20(29)24(22)23/h3-4,6,8,10-11,23H,5,7,9,13,28H2,1-2H3. The lowest BCUT2D eigenvalue weighted by Gasteiger charge is -2.32. The van der Waals surface area contributed by atoms with E-state index in [9.17, 15) is 10.1 Å². The smallest absolute Gasteiger partial charge is 0.205 e. The summed E-state index contributed by atoms with van der Waals surface area (Å²) in [6.45, 7) is 4.40. The Balaban J connectivity index is 1.77. The molecule has 2 aliphatic rings. The van der Waals surface area contributed by atoms with E-state index in [1.54, 1.807) is 0 Å². The van der Waals surface area contributed by atoms with E-state index in [0.717, 1.165) is 38.9 Å². The van der Waals surface area contributed by atoms with Crippen molar-refractivity contribution >= 4 is 21.7 Å². The van der Waals surface area contributed by atoms with Crippen LogP contribution in [-0.2, 0) is 16.1 Å². The Labute approximate surface area is 190 Å². The Morgan fingerprint density at radius 3 is 2.74 bits per heavy atom. The molecule has 158 valence electrons. The van der Waals surface area contributed by atoms with Crippen molar-refractivity contribution in [1.29, 1.82) is 5.26 Å². The summed E-state index contributed by atoms with van der Waals surface area (Å²) in [5.41, 5.74) is 10.9. The molecule has 2 aromatic carbocycles. The molecule has 0 spiro atoms. The van der Waals surface area contributed by atoms with Crippen LogP contribution < -0.4 is 10.5 Å². The Hall–Kier alpha value is -3.04. The number of para-hydroxylation sites is 1. The van der Waals surface area contributed by atoms with E-state index in [4.69, 9.17) is 15.2 Å². The highest BCUT2D eigenvalue weighted by atomic mass is 79.9. The maximum atomic E-state index is 12.9. The topological polar surface area (TPSA) is 85.3 Å². The summed E-state index contributed by atoms with van der Waals surface area (Å²) in [7, 11) is 0. The predicted octanol–water partition coefficient (Wildman–Crippen LogP) is 5.46. The van der Waals surface area contributed by atoms with Gasteiger partial charge in [-0.3, -0.25) is 4.79 Å². The number of nitrogens with two attached hydrogens (primary N) is 1. The van der Waals surface area contributed by atoms with E-state index in [1.165, 1.54) is 0 Å². The number of hydrogen-bond acceptors (Lipinski definition) is 5. The number of Topliss-reactive ketones (excluding diaryl/α,β-unsaturated/α-hetero) is 1. The van der Waals surface area contributed by atoms with Crippen molar-refractivity contribution in [2.75, 3.05) is 0 Å². The van der Waals surface area contributed by atoms with Crippen LogP contribution in [-0.4, -0.2) is 5.78 Å². The summed E-state index contributed by atoms with van der Waals surface area (Å²) in [6.07, 6.45) is 1.84. The molecule has 1 atom stereocenters. The van der Waals surface area contributed by atoms with Crippen molar-refractivity contribution in [3.05, 3.63) is 85.9 Å². The molecule has 1 aliphatic carbocycles. The molecule has 0 bridgehead atoms. The molecule has 1 unspecified atom stereocenters. The molecule has 2 aromatic rings. The average Bonchev–Trinajstić information content (AvgIpc) is 2.73. The van der Waals surface area contributed by atoms with Gasteiger partial charge in [-0.15, -0.1) is 0 Å². The molecule has 5 nitrogen and oxygen atoms in total. The first-order valence-corrected chi connectivity index (χ1v) is 11.0. The summed E-state index contributed by atoms with van der Waals surface area (Å²) in [5, 5.41) is 9.84. The maximum absolute atomic E-state index is 12.9. The molecular formula is C25H23BrN2O3. The second-order valence-corrected chi connectivity index (χ2v) is 8.75. The summed E-state index contributed by atoms with van der Waals surface area (Å²) in [6, 6.07) is 14.0. The lowest BCUT2D eigenvalue weighted by atomic mass is 9.75. The number of carbonyl (C=O) groups is 1. The molecular weight excluding hydrogens is 456 g/mol. The van der Waals surface area contributed by atoms with Gasteiger partial charge in [0, 0.05) is 18.4 Å². The van der Waals surface area contributed by atoms with Crippen LogP contribution >= 0.6 is 15.9 Å². The highest BCUT2D eigenvalue weighted by Crippen LogP contribution is 2.44. The van der Waals surface area contributed by atoms with Crippen molar-refractivity contribution in [3.63, 3.8) is 0 Å². The minimum absolute atomic E-state index is 0.0255. The lowest BCUT2D eigenvalue weighted by Crippen LogP contribution is -2.28.